The molecule has 1 aliphatic heterocycles. The second kappa shape index (κ2) is 3.92. The van der Waals surface area contributed by atoms with E-state index in [1.165, 1.54) is 0 Å². The molecule has 1 saturated heterocycles. The number of carbonyl (C=O) groups is 1. The van der Waals surface area contributed by atoms with E-state index < -0.39 is 5.79 Å². The van der Waals surface area contributed by atoms with Crippen LogP contribution in [0.25, 0.3) is 0 Å². The van der Waals surface area contributed by atoms with Crippen LogP contribution in [0.2, 0.25) is 0 Å². The third-order valence-corrected chi connectivity index (χ3v) is 4.81. The van der Waals surface area contributed by atoms with Crippen LogP contribution in [0.1, 0.15) is 39.0 Å². The van der Waals surface area contributed by atoms with E-state index in [1.54, 1.807) is 0 Å². The van der Waals surface area contributed by atoms with E-state index in [4.69, 9.17) is 9.47 Å². The highest BCUT2D eigenvalue weighted by Crippen LogP contribution is 2.57. The van der Waals surface area contributed by atoms with E-state index in [9.17, 15) is 4.79 Å². The fourth-order valence-electron chi connectivity index (χ4n) is 3.79. The lowest BCUT2D eigenvalue weighted by atomic mass is 9.70. The maximum absolute atomic E-state index is 12.2. The molecule has 1 spiro atoms. The minimum absolute atomic E-state index is 0.116. The molecule has 0 amide bonds. The third-order valence-electron chi connectivity index (χ3n) is 4.81. The molecule has 2 fully saturated rings. The van der Waals surface area contributed by atoms with Gasteiger partial charge in [-0.3, -0.25) is 4.79 Å². The van der Waals surface area contributed by atoms with Gasteiger partial charge in [0, 0.05) is 24.2 Å². The number of rotatable bonds is 0. The summed E-state index contributed by atoms with van der Waals surface area (Å²) in [4.78, 5) is 12.2. The molecular weight excluding hydrogens is 216 g/mol. The van der Waals surface area contributed by atoms with Crippen LogP contribution in [0.5, 0.6) is 0 Å². The predicted octanol–water partition coefficient (Wildman–Crippen LogP) is 2.46. The summed E-state index contributed by atoms with van der Waals surface area (Å²) >= 11 is 0. The predicted molar refractivity (Wildman–Crippen MR) is 63.5 cm³/mol. The first-order valence-electron chi connectivity index (χ1n) is 6.64. The molecule has 3 nitrogen and oxygen atoms in total. The van der Waals surface area contributed by atoms with Gasteiger partial charge in [-0.1, -0.05) is 19.1 Å². The van der Waals surface area contributed by atoms with Gasteiger partial charge in [-0.15, -0.1) is 0 Å². The first kappa shape index (κ1) is 11.4. The van der Waals surface area contributed by atoms with Gasteiger partial charge in [0.05, 0.1) is 13.2 Å². The van der Waals surface area contributed by atoms with Gasteiger partial charge < -0.3 is 9.47 Å². The fraction of sp³-hybridized carbons (Fsp3) is 0.786. The maximum atomic E-state index is 12.2. The average molecular weight is 236 g/mol. The van der Waals surface area contributed by atoms with Crippen molar-refractivity contribution >= 4 is 5.78 Å². The Morgan fingerprint density at radius 1 is 1.29 bits per heavy atom. The van der Waals surface area contributed by atoms with Crippen LogP contribution in [0.3, 0.4) is 0 Å². The van der Waals surface area contributed by atoms with Crippen LogP contribution >= 0.6 is 0 Å². The molecule has 2 atom stereocenters. The summed E-state index contributed by atoms with van der Waals surface area (Å²) in [5, 5.41) is 0. The largest absolute Gasteiger partial charge is 0.347 e. The highest BCUT2D eigenvalue weighted by molar-refractivity contribution is 5.82. The standard InChI is InChI=1S/C14H20O3/c1-13-7-4-2-3-5-12(15)11(13)6-8-14(13)16-9-10-17-14/h2,4,11H,3,5-10H2,1H3/b4-2-/t11-,13-/m0/s1. The van der Waals surface area contributed by atoms with Crippen LogP contribution in [0.15, 0.2) is 12.2 Å². The van der Waals surface area contributed by atoms with Gasteiger partial charge in [-0.2, -0.15) is 0 Å². The van der Waals surface area contributed by atoms with Crippen LogP contribution < -0.4 is 0 Å². The van der Waals surface area contributed by atoms with Crippen molar-refractivity contribution in [1.29, 1.82) is 0 Å². The van der Waals surface area contributed by atoms with E-state index in [-0.39, 0.29) is 11.3 Å². The van der Waals surface area contributed by atoms with Crippen molar-refractivity contribution in [1.82, 2.24) is 0 Å². The lowest BCUT2D eigenvalue weighted by Crippen LogP contribution is -2.47. The first-order valence-corrected chi connectivity index (χ1v) is 6.64. The average Bonchev–Trinajstić information content (AvgIpc) is 2.86. The molecule has 17 heavy (non-hydrogen) atoms. The van der Waals surface area contributed by atoms with Gasteiger partial charge in [-0.25, -0.2) is 0 Å². The Balaban J connectivity index is 1.99. The van der Waals surface area contributed by atoms with Gasteiger partial charge in [0.25, 0.3) is 0 Å². The number of fused-ring (bicyclic) bond motifs is 2. The minimum atomic E-state index is -0.491. The molecule has 1 saturated carbocycles. The van der Waals surface area contributed by atoms with E-state index >= 15 is 0 Å². The van der Waals surface area contributed by atoms with Gasteiger partial charge >= 0.3 is 0 Å². The lowest BCUT2D eigenvalue weighted by Gasteiger charge is -2.42. The molecule has 0 bridgehead atoms. The van der Waals surface area contributed by atoms with Gasteiger partial charge in [0.2, 0.25) is 0 Å². The zero-order valence-corrected chi connectivity index (χ0v) is 10.4. The summed E-state index contributed by atoms with van der Waals surface area (Å²) in [5.41, 5.74) is -0.169. The minimum Gasteiger partial charge on any atom is -0.347 e. The number of Topliss-reactive ketones (excluding diaryl/α,β-unsaturated/α-hetero) is 1. The molecule has 0 aromatic rings. The van der Waals surface area contributed by atoms with Crippen molar-refractivity contribution in [2.45, 2.75) is 44.8 Å². The van der Waals surface area contributed by atoms with Crippen LogP contribution in [-0.4, -0.2) is 24.8 Å². The summed E-state index contributed by atoms with van der Waals surface area (Å²) in [6.07, 6.45) is 8.57. The van der Waals surface area contributed by atoms with Gasteiger partial charge in [-0.05, 0) is 19.3 Å². The van der Waals surface area contributed by atoms with Crippen molar-refractivity contribution in [2.24, 2.45) is 11.3 Å². The number of hydrogen-bond acceptors (Lipinski definition) is 3. The van der Waals surface area contributed by atoms with Crippen molar-refractivity contribution in [3.8, 4) is 0 Å². The Bertz CT molecular complexity index is 354. The number of hydrogen-bond donors (Lipinski definition) is 0. The molecule has 94 valence electrons. The highest BCUT2D eigenvalue weighted by atomic mass is 16.7. The molecule has 3 heteroatoms. The second-order valence-electron chi connectivity index (χ2n) is 5.64. The fourth-order valence-corrected chi connectivity index (χ4v) is 3.79. The van der Waals surface area contributed by atoms with E-state index in [0.29, 0.717) is 25.4 Å². The Morgan fingerprint density at radius 2 is 2.06 bits per heavy atom. The Morgan fingerprint density at radius 3 is 2.82 bits per heavy atom. The molecule has 3 rings (SSSR count). The smallest absolute Gasteiger partial charge is 0.174 e. The van der Waals surface area contributed by atoms with Crippen LogP contribution in [0, 0.1) is 11.3 Å². The van der Waals surface area contributed by atoms with Crippen molar-refractivity contribution in [2.75, 3.05) is 13.2 Å². The van der Waals surface area contributed by atoms with Gasteiger partial charge in [0.15, 0.2) is 5.79 Å². The number of allylic oxidation sites excluding steroid dienone is 2. The third kappa shape index (κ3) is 1.52. The van der Waals surface area contributed by atoms with Crippen molar-refractivity contribution in [3.05, 3.63) is 12.2 Å². The first-order chi connectivity index (χ1) is 8.18. The normalized spacial score (nSPS) is 42.2. The molecule has 2 aliphatic carbocycles. The highest BCUT2D eigenvalue weighted by Gasteiger charge is 2.62. The molecule has 0 unspecified atom stereocenters. The zero-order valence-electron chi connectivity index (χ0n) is 10.4. The van der Waals surface area contributed by atoms with Crippen molar-refractivity contribution < 1.29 is 14.3 Å². The molecule has 1 heterocycles. The van der Waals surface area contributed by atoms with E-state index in [1.807, 2.05) is 0 Å². The molecule has 3 aliphatic rings. The SMILES string of the molecule is C[C@]12C/C=C\CCC(=O)[C@@H]1CCC21OCCO1. The van der Waals surface area contributed by atoms with E-state index in [2.05, 4.69) is 19.1 Å². The number of ether oxygens (including phenoxy) is 2. The zero-order chi connectivity index (χ0) is 11.9. The summed E-state index contributed by atoms with van der Waals surface area (Å²) in [5.74, 6) is 0.0213. The Hall–Kier alpha value is -0.670. The molecule has 0 N–H and O–H groups in total. The Kier molecular flexibility index (Phi) is 2.64. The molecular formula is C14H20O3. The summed E-state index contributed by atoms with van der Waals surface area (Å²) in [7, 11) is 0. The van der Waals surface area contributed by atoms with Gasteiger partial charge in [0.1, 0.15) is 5.78 Å². The van der Waals surface area contributed by atoms with Crippen molar-refractivity contribution in [3.63, 3.8) is 0 Å². The lowest BCUT2D eigenvalue weighted by molar-refractivity contribution is -0.223. The summed E-state index contributed by atoms with van der Waals surface area (Å²) in [6.45, 7) is 3.50. The van der Waals surface area contributed by atoms with E-state index in [0.717, 1.165) is 25.7 Å². The Labute approximate surface area is 102 Å². The maximum Gasteiger partial charge on any atom is 0.174 e. The van der Waals surface area contributed by atoms with Crippen LogP contribution in [-0.2, 0) is 14.3 Å². The summed E-state index contributed by atoms with van der Waals surface area (Å²) in [6, 6.07) is 0. The number of carbonyl (C=O) groups excluding carboxylic acids is 1. The van der Waals surface area contributed by atoms with Crippen LogP contribution in [0.4, 0.5) is 0 Å². The monoisotopic (exact) mass is 236 g/mol. The molecule has 0 aromatic carbocycles. The molecule has 0 radical (unpaired) electrons. The second-order valence-corrected chi connectivity index (χ2v) is 5.64. The quantitative estimate of drug-likeness (QED) is 0.606. The number of ketones is 1. The summed E-state index contributed by atoms with van der Waals surface area (Å²) < 4.78 is 11.8. The molecule has 0 aromatic heterocycles. The topological polar surface area (TPSA) is 35.5 Å².